The van der Waals surface area contributed by atoms with E-state index in [4.69, 9.17) is 5.73 Å². The average molecular weight is 184 g/mol. The molecule has 1 saturated carbocycles. The third kappa shape index (κ3) is 1.56. The van der Waals surface area contributed by atoms with Gasteiger partial charge < -0.3 is 15.7 Å². The minimum absolute atomic E-state index is 0.131. The molecular weight excluding hydrogens is 168 g/mol. The molecule has 1 saturated heterocycles. The second kappa shape index (κ2) is 2.69. The van der Waals surface area contributed by atoms with Crippen molar-refractivity contribution in [3.05, 3.63) is 0 Å². The van der Waals surface area contributed by atoms with Gasteiger partial charge in [0.1, 0.15) is 0 Å². The molecule has 1 amide bonds. The number of nitrogens with two attached hydrogens (primary N) is 1. The standard InChI is InChI=1S/C9H16N2O2/c1-9(13)4-11(5-9)8(12)6-2-7(10)3-6/h6-7,13H,2-5,10H2,1H3. The van der Waals surface area contributed by atoms with E-state index < -0.39 is 5.60 Å². The number of carbonyl (C=O) groups excluding carboxylic acids is 1. The molecule has 2 aliphatic rings. The molecule has 74 valence electrons. The summed E-state index contributed by atoms with van der Waals surface area (Å²) in [7, 11) is 0. The quantitative estimate of drug-likeness (QED) is 0.567. The zero-order valence-corrected chi connectivity index (χ0v) is 7.86. The molecular formula is C9H16N2O2. The summed E-state index contributed by atoms with van der Waals surface area (Å²) in [6.07, 6.45) is 1.63. The van der Waals surface area contributed by atoms with Crippen molar-refractivity contribution in [3.8, 4) is 0 Å². The molecule has 0 unspecified atom stereocenters. The van der Waals surface area contributed by atoms with Crippen LogP contribution in [0.5, 0.6) is 0 Å². The molecule has 4 heteroatoms. The van der Waals surface area contributed by atoms with Crippen LogP contribution in [0.15, 0.2) is 0 Å². The molecule has 0 aromatic heterocycles. The highest BCUT2D eigenvalue weighted by Gasteiger charge is 2.44. The fourth-order valence-electron chi connectivity index (χ4n) is 2.05. The van der Waals surface area contributed by atoms with E-state index >= 15 is 0 Å². The topological polar surface area (TPSA) is 66.6 Å². The number of likely N-dealkylation sites (tertiary alicyclic amines) is 1. The van der Waals surface area contributed by atoms with Gasteiger partial charge >= 0.3 is 0 Å². The summed E-state index contributed by atoms with van der Waals surface area (Å²) < 4.78 is 0. The fourth-order valence-corrected chi connectivity index (χ4v) is 2.05. The maximum atomic E-state index is 11.6. The van der Waals surface area contributed by atoms with E-state index in [2.05, 4.69) is 0 Å². The maximum absolute atomic E-state index is 11.6. The maximum Gasteiger partial charge on any atom is 0.226 e. The summed E-state index contributed by atoms with van der Waals surface area (Å²) in [5.74, 6) is 0.305. The largest absolute Gasteiger partial charge is 0.386 e. The lowest BCUT2D eigenvalue weighted by atomic mass is 9.79. The molecule has 3 N–H and O–H groups in total. The van der Waals surface area contributed by atoms with Gasteiger partial charge in [-0.2, -0.15) is 0 Å². The second-order valence-corrected chi connectivity index (χ2v) is 4.62. The van der Waals surface area contributed by atoms with Gasteiger partial charge in [-0.25, -0.2) is 0 Å². The number of hydrogen-bond acceptors (Lipinski definition) is 3. The molecule has 0 aromatic carbocycles. The number of rotatable bonds is 1. The van der Waals surface area contributed by atoms with E-state index in [0.717, 1.165) is 12.8 Å². The Bertz CT molecular complexity index is 226. The van der Waals surface area contributed by atoms with Crippen LogP contribution >= 0.6 is 0 Å². The van der Waals surface area contributed by atoms with Gasteiger partial charge in [-0.15, -0.1) is 0 Å². The van der Waals surface area contributed by atoms with Crippen molar-refractivity contribution in [2.75, 3.05) is 13.1 Å². The highest BCUT2D eigenvalue weighted by Crippen LogP contribution is 2.31. The number of nitrogens with zero attached hydrogens (tertiary/aromatic N) is 1. The lowest BCUT2D eigenvalue weighted by Crippen LogP contribution is -2.64. The zero-order chi connectivity index (χ0) is 9.64. The zero-order valence-electron chi connectivity index (χ0n) is 7.86. The molecule has 1 aliphatic carbocycles. The van der Waals surface area contributed by atoms with Crippen LogP contribution in [0.2, 0.25) is 0 Å². The molecule has 0 aromatic rings. The lowest BCUT2D eigenvalue weighted by molar-refractivity contribution is -0.159. The Hall–Kier alpha value is -0.610. The minimum atomic E-state index is -0.651. The number of hydrogen-bond donors (Lipinski definition) is 2. The second-order valence-electron chi connectivity index (χ2n) is 4.62. The summed E-state index contributed by atoms with van der Waals surface area (Å²) in [4.78, 5) is 13.3. The summed E-state index contributed by atoms with van der Waals surface area (Å²) in [5.41, 5.74) is 4.95. The van der Waals surface area contributed by atoms with Gasteiger partial charge in [-0.3, -0.25) is 4.79 Å². The molecule has 0 bridgehead atoms. The van der Waals surface area contributed by atoms with E-state index in [1.54, 1.807) is 11.8 Å². The van der Waals surface area contributed by atoms with Crippen molar-refractivity contribution >= 4 is 5.91 Å². The predicted molar refractivity (Wildman–Crippen MR) is 47.9 cm³/mol. The molecule has 4 nitrogen and oxygen atoms in total. The van der Waals surface area contributed by atoms with Gasteiger partial charge in [0.15, 0.2) is 0 Å². The van der Waals surface area contributed by atoms with Gasteiger partial charge in [-0.05, 0) is 19.8 Å². The molecule has 2 fully saturated rings. The van der Waals surface area contributed by atoms with Gasteiger partial charge in [0.25, 0.3) is 0 Å². The Labute approximate surface area is 77.7 Å². The van der Waals surface area contributed by atoms with Crippen LogP contribution in [0.3, 0.4) is 0 Å². The molecule has 1 heterocycles. The molecule has 0 radical (unpaired) electrons. The third-order valence-electron chi connectivity index (χ3n) is 2.90. The smallest absolute Gasteiger partial charge is 0.226 e. The first-order valence-corrected chi connectivity index (χ1v) is 4.75. The Kier molecular flexibility index (Phi) is 1.85. The van der Waals surface area contributed by atoms with Crippen molar-refractivity contribution in [2.45, 2.75) is 31.4 Å². The third-order valence-corrected chi connectivity index (χ3v) is 2.90. The van der Waals surface area contributed by atoms with Gasteiger partial charge in [0, 0.05) is 12.0 Å². The highest BCUT2D eigenvalue weighted by molar-refractivity contribution is 5.81. The molecule has 1 aliphatic heterocycles. The summed E-state index contributed by atoms with van der Waals surface area (Å²) in [6.45, 7) is 2.72. The summed E-state index contributed by atoms with van der Waals surface area (Å²) >= 11 is 0. The van der Waals surface area contributed by atoms with Crippen LogP contribution in [-0.4, -0.2) is 40.6 Å². The van der Waals surface area contributed by atoms with Crippen LogP contribution in [-0.2, 0) is 4.79 Å². The first-order chi connectivity index (χ1) is 5.98. The lowest BCUT2D eigenvalue weighted by Gasteiger charge is -2.47. The number of aliphatic hydroxyl groups is 1. The molecule has 0 atom stereocenters. The Morgan fingerprint density at radius 2 is 2.08 bits per heavy atom. The number of amides is 1. The average Bonchev–Trinajstić information content (AvgIpc) is 1.92. The van der Waals surface area contributed by atoms with Crippen LogP contribution in [0.25, 0.3) is 0 Å². The Morgan fingerprint density at radius 3 is 2.46 bits per heavy atom. The molecule has 13 heavy (non-hydrogen) atoms. The van der Waals surface area contributed by atoms with Crippen LogP contribution < -0.4 is 5.73 Å². The van der Waals surface area contributed by atoms with Crippen LogP contribution in [0.1, 0.15) is 19.8 Å². The Balaban J connectivity index is 1.80. The normalized spacial score (nSPS) is 36.4. The van der Waals surface area contributed by atoms with Crippen LogP contribution in [0, 0.1) is 5.92 Å². The number of β-amino-alcohol motifs (C(OH)–C–C–N with tert-alkyl or cyclic N) is 1. The van der Waals surface area contributed by atoms with Crippen molar-refractivity contribution in [2.24, 2.45) is 11.7 Å². The van der Waals surface area contributed by atoms with E-state index in [1.165, 1.54) is 0 Å². The monoisotopic (exact) mass is 184 g/mol. The van der Waals surface area contributed by atoms with Gasteiger partial charge in [0.2, 0.25) is 5.91 Å². The van der Waals surface area contributed by atoms with Crippen molar-refractivity contribution in [3.63, 3.8) is 0 Å². The molecule has 0 spiro atoms. The van der Waals surface area contributed by atoms with Crippen LogP contribution in [0.4, 0.5) is 0 Å². The Morgan fingerprint density at radius 1 is 1.54 bits per heavy atom. The first-order valence-electron chi connectivity index (χ1n) is 4.75. The van der Waals surface area contributed by atoms with E-state index in [-0.39, 0.29) is 17.9 Å². The van der Waals surface area contributed by atoms with Crippen molar-refractivity contribution in [1.29, 1.82) is 0 Å². The van der Waals surface area contributed by atoms with Crippen molar-refractivity contribution in [1.82, 2.24) is 4.90 Å². The first kappa shape index (κ1) is 8.97. The fraction of sp³-hybridized carbons (Fsp3) is 0.889. The summed E-state index contributed by atoms with van der Waals surface area (Å²) in [6, 6.07) is 0.218. The highest BCUT2D eigenvalue weighted by atomic mass is 16.3. The minimum Gasteiger partial charge on any atom is -0.386 e. The van der Waals surface area contributed by atoms with Gasteiger partial charge in [-0.1, -0.05) is 0 Å². The summed E-state index contributed by atoms with van der Waals surface area (Å²) in [5, 5.41) is 9.44. The molecule has 2 rings (SSSR count). The predicted octanol–water partition coefficient (Wildman–Crippen LogP) is -0.683. The SMILES string of the molecule is CC1(O)CN(C(=O)C2CC(N)C2)C1. The van der Waals surface area contributed by atoms with Gasteiger partial charge in [0.05, 0.1) is 18.7 Å². The van der Waals surface area contributed by atoms with E-state index in [9.17, 15) is 9.90 Å². The van der Waals surface area contributed by atoms with E-state index in [1.807, 2.05) is 0 Å². The number of carbonyl (C=O) groups is 1. The van der Waals surface area contributed by atoms with E-state index in [0.29, 0.717) is 13.1 Å². The van der Waals surface area contributed by atoms with Crippen molar-refractivity contribution < 1.29 is 9.90 Å².